The van der Waals surface area contributed by atoms with Crippen LogP contribution in [0.2, 0.25) is 0 Å². The number of Topliss-reactive ketones (excluding diaryl/α,β-unsaturated/α-hetero) is 1. The van der Waals surface area contributed by atoms with Gasteiger partial charge < -0.3 is 41.2 Å². The SMILES string of the molecule is CCCCCCCCCCCCCCCC(=O)OC[C@H](CSCCC(=O)N(N)[C@](CCC(=O)O)(C(=O)CN)C(=O)NCC(=O)N[C@H](CCC(=O)O)C(=O)O)OC(=O)CCCCCCCCCCCCCCC. The van der Waals surface area contributed by atoms with E-state index in [0.29, 0.717) is 12.8 Å². The number of nitrogens with one attached hydrogen (secondary N) is 2. The summed E-state index contributed by atoms with van der Waals surface area (Å²) in [6.07, 6.45) is 26.7. The summed E-state index contributed by atoms with van der Waals surface area (Å²) in [5.74, 6) is -3.45. The number of ketones is 1. The van der Waals surface area contributed by atoms with Gasteiger partial charge >= 0.3 is 29.8 Å². The minimum atomic E-state index is -2.70. The van der Waals surface area contributed by atoms with Crippen LogP contribution in [0.1, 0.15) is 226 Å². The third-order valence-corrected chi connectivity index (χ3v) is 13.7. The van der Waals surface area contributed by atoms with Crippen molar-refractivity contribution < 1.29 is 67.9 Å². The van der Waals surface area contributed by atoms with Gasteiger partial charge in [-0.25, -0.2) is 10.6 Å². The van der Waals surface area contributed by atoms with E-state index in [-0.39, 0.29) is 36.0 Å². The zero-order chi connectivity index (χ0) is 53.8. The van der Waals surface area contributed by atoms with E-state index < -0.39 is 116 Å². The Kier molecular flexibility index (Phi) is 41.6. The topological polar surface area (TPSA) is 312 Å². The third kappa shape index (κ3) is 34.2. The van der Waals surface area contributed by atoms with E-state index in [1.165, 1.54) is 116 Å². The standard InChI is InChI=1S/C52H93N5O14S/c1-3-5-7-9-11-13-15-17-19-21-23-25-27-29-48(65)70-39-41(71-49(66)30-28-26-24-22-20-18-16-14-12-10-8-6-4-2)40-72-36-34-45(60)57(54)52(43(58)37-53,35-33-47(63)64)51(69)55-38-44(59)56-42(50(67)68)31-32-46(61)62/h41-42H,3-40,53-54H2,1-2H3,(H,55,69)(H,56,59)(H,61,62)(H,63,64)(H,67,68)/t41-,42-,52-/m1/s1. The fourth-order valence-corrected chi connectivity index (χ4v) is 9.09. The number of nitrogens with two attached hydrogens (primary N) is 2. The van der Waals surface area contributed by atoms with Crippen molar-refractivity contribution in [3.05, 3.63) is 0 Å². The molecule has 0 saturated heterocycles. The van der Waals surface area contributed by atoms with Crippen molar-refractivity contribution in [1.29, 1.82) is 0 Å². The molecule has 0 saturated carbocycles. The van der Waals surface area contributed by atoms with E-state index >= 15 is 0 Å². The summed E-state index contributed by atoms with van der Waals surface area (Å²) in [4.78, 5) is 113. The van der Waals surface area contributed by atoms with Gasteiger partial charge in [-0.05, 0) is 25.7 Å². The first-order valence-corrected chi connectivity index (χ1v) is 28.2. The lowest BCUT2D eigenvalue weighted by atomic mass is 9.86. The van der Waals surface area contributed by atoms with Gasteiger partial charge in [0.25, 0.3) is 5.91 Å². The molecule has 0 aromatic rings. The number of aliphatic carboxylic acids is 3. The van der Waals surface area contributed by atoms with Crippen LogP contribution < -0.4 is 22.2 Å². The number of hydrogen-bond acceptors (Lipinski definition) is 14. The van der Waals surface area contributed by atoms with Crippen molar-refractivity contribution >= 4 is 65.1 Å². The van der Waals surface area contributed by atoms with Crippen LogP contribution in [0.15, 0.2) is 0 Å². The second kappa shape index (κ2) is 44.2. The molecule has 0 rings (SSSR count). The molecule has 0 radical (unpaired) electrons. The molecule has 9 N–H and O–H groups in total. The van der Waals surface area contributed by atoms with Gasteiger partial charge in [0, 0.05) is 43.6 Å². The van der Waals surface area contributed by atoms with Crippen molar-refractivity contribution in [3.8, 4) is 0 Å². The quantitative estimate of drug-likeness (QED) is 0.00760. The lowest BCUT2D eigenvalue weighted by molar-refractivity contribution is -0.157. The molecule has 0 fully saturated rings. The molecular weight excluding hydrogens is 951 g/mol. The third-order valence-electron chi connectivity index (χ3n) is 12.6. The fraction of sp³-hybridized carbons (Fsp3) is 0.827. The lowest BCUT2D eigenvalue weighted by Gasteiger charge is -2.38. The predicted molar refractivity (Wildman–Crippen MR) is 278 cm³/mol. The van der Waals surface area contributed by atoms with Gasteiger partial charge in [0.2, 0.25) is 11.8 Å². The minimum absolute atomic E-state index is 0.00904. The smallest absolute Gasteiger partial charge is 0.326 e. The summed E-state index contributed by atoms with van der Waals surface area (Å²) in [6.45, 7) is 2.42. The van der Waals surface area contributed by atoms with Crippen LogP contribution >= 0.6 is 11.8 Å². The molecule has 0 unspecified atom stereocenters. The van der Waals surface area contributed by atoms with E-state index in [0.717, 1.165) is 50.3 Å². The summed E-state index contributed by atoms with van der Waals surface area (Å²) < 4.78 is 11.3. The van der Waals surface area contributed by atoms with E-state index in [4.69, 9.17) is 26.2 Å². The average Bonchev–Trinajstić information content (AvgIpc) is 3.34. The van der Waals surface area contributed by atoms with Crippen LogP contribution in [0.3, 0.4) is 0 Å². The van der Waals surface area contributed by atoms with E-state index in [2.05, 4.69) is 24.5 Å². The second-order valence-corrected chi connectivity index (χ2v) is 20.0. The molecule has 0 aromatic carbocycles. The predicted octanol–water partition coefficient (Wildman–Crippen LogP) is 7.91. The molecule has 0 bridgehead atoms. The molecule has 0 heterocycles. The Morgan fingerprint density at radius 1 is 0.597 bits per heavy atom. The van der Waals surface area contributed by atoms with Crippen LogP contribution in [0.4, 0.5) is 0 Å². The van der Waals surface area contributed by atoms with Gasteiger partial charge in [-0.3, -0.25) is 43.4 Å². The van der Waals surface area contributed by atoms with Crippen molar-refractivity contribution in [1.82, 2.24) is 15.6 Å². The normalized spacial score (nSPS) is 12.8. The van der Waals surface area contributed by atoms with Crippen LogP contribution in [-0.4, -0.2) is 123 Å². The molecule has 3 amide bonds. The number of nitrogens with zero attached hydrogens (tertiary/aromatic N) is 1. The van der Waals surface area contributed by atoms with Gasteiger partial charge in [-0.2, -0.15) is 11.8 Å². The molecule has 20 heteroatoms. The Balaban J connectivity index is 5.49. The Labute approximate surface area is 433 Å². The summed E-state index contributed by atoms with van der Waals surface area (Å²) in [5.41, 5.74) is 2.92. The molecule has 19 nitrogen and oxygen atoms in total. The van der Waals surface area contributed by atoms with Gasteiger partial charge in [0.15, 0.2) is 11.3 Å². The number of carbonyl (C=O) groups is 9. The highest BCUT2D eigenvalue weighted by Crippen LogP contribution is 2.24. The molecular formula is C52H93N5O14S. The van der Waals surface area contributed by atoms with Crippen LogP contribution in [-0.2, 0) is 52.6 Å². The van der Waals surface area contributed by atoms with E-state index in [1.807, 2.05) is 0 Å². The van der Waals surface area contributed by atoms with Crippen LogP contribution in [0, 0.1) is 0 Å². The number of thioether (sulfide) groups is 1. The molecule has 0 spiro atoms. The Morgan fingerprint density at radius 2 is 1.04 bits per heavy atom. The average molecular weight is 1040 g/mol. The molecule has 0 aliphatic carbocycles. The summed E-state index contributed by atoms with van der Waals surface area (Å²) in [6, 6.07) is -1.63. The van der Waals surface area contributed by atoms with Crippen molar-refractivity contribution in [3.63, 3.8) is 0 Å². The van der Waals surface area contributed by atoms with Crippen molar-refractivity contribution in [2.24, 2.45) is 11.6 Å². The minimum Gasteiger partial charge on any atom is -0.481 e. The Morgan fingerprint density at radius 3 is 1.47 bits per heavy atom. The molecule has 0 aromatic heterocycles. The number of carbonyl (C=O) groups excluding carboxylic acids is 6. The number of amides is 3. The van der Waals surface area contributed by atoms with Gasteiger partial charge in [0.1, 0.15) is 18.8 Å². The van der Waals surface area contributed by atoms with E-state index in [9.17, 15) is 53.4 Å². The van der Waals surface area contributed by atoms with Gasteiger partial charge in [-0.15, -0.1) is 0 Å². The first kappa shape index (κ1) is 67.7. The highest BCUT2D eigenvalue weighted by molar-refractivity contribution is 7.99. The molecule has 72 heavy (non-hydrogen) atoms. The number of hydrazine groups is 1. The number of ether oxygens (including phenoxy) is 2. The Bertz CT molecular complexity index is 1570. The maximum Gasteiger partial charge on any atom is 0.326 e. The maximum absolute atomic E-state index is 13.7. The molecule has 0 aliphatic rings. The van der Waals surface area contributed by atoms with E-state index in [1.54, 1.807) is 0 Å². The summed E-state index contributed by atoms with van der Waals surface area (Å²) in [5, 5.41) is 32.2. The number of carboxylic acid groups (broad SMARTS) is 3. The van der Waals surface area contributed by atoms with Gasteiger partial charge in [0.05, 0.1) is 13.1 Å². The first-order chi connectivity index (χ1) is 34.5. The number of unbranched alkanes of at least 4 members (excludes halogenated alkanes) is 24. The molecule has 416 valence electrons. The zero-order valence-electron chi connectivity index (χ0n) is 43.9. The number of esters is 2. The lowest BCUT2D eigenvalue weighted by Crippen LogP contribution is -2.69. The highest BCUT2D eigenvalue weighted by Gasteiger charge is 2.51. The second-order valence-electron chi connectivity index (χ2n) is 18.8. The van der Waals surface area contributed by atoms with Gasteiger partial charge in [-0.1, -0.05) is 168 Å². The van der Waals surface area contributed by atoms with Crippen molar-refractivity contribution in [2.45, 2.75) is 243 Å². The number of hydrogen-bond donors (Lipinski definition) is 7. The van der Waals surface area contributed by atoms with Crippen LogP contribution in [0.5, 0.6) is 0 Å². The molecule has 0 aliphatic heterocycles. The fourth-order valence-electron chi connectivity index (χ4n) is 8.18. The van der Waals surface area contributed by atoms with Crippen LogP contribution in [0.25, 0.3) is 0 Å². The summed E-state index contributed by atoms with van der Waals surface area (Å²) >= 11 is 1.15. The largest absolute Gasteiger partial charge is 0.481 e. The van der Waals surface area contributed by atoms with Crippen molar-refractivity contribution in [2.75, 3.05) is 31.2 Å². The number of carboxylic acids is 3. The summed E-state index contributed by atoms with van der Waals surface area (Å²) in [7, 11) is 0. The number of rotatable bonds is 50. The maximum atomic E-state index is 13.7. The zero-order valence-corrected chi connectivity index (χ0v) is 44.7. The Hall–Kier alpha value is -4.30. The first-order valence-electron chi connectivity index (χ1n) is 27.0. The monoisotopic (exact) mass is 1040 g/mol. The molecule has 3 atom stereocenters. The highest BCUT2D eigenvalue weighted by atomic mass is 32.2.